The Morgan fingerprint density at radius 2 is 1.72 bits per heavy atom. The van der Waals surface area contributed by atoms with Crippen LogP contribution in [0.15, 0.2) is 6.07 Å². The van der Waals surface area contributed by atoms with E-state index in [0.29, 0.717) is 35.0 Å². The number of halogens is 3. The Hall–Kier alpha value is -1.95. The number of nitrogens with one attached hydrogen (secondary N) is 1. The van der Waals surface area contributed by atoms with Crippen molar-refractivity contribution in [1.82, 2.24) is 0 Å². The Labute approximate surface area is 169 Å². The fourth-order valence-electron chi connectivity index (χ4n) is 2.94. The van der Waals surface area contributed by atoms with Gasteiger partial charge in [-0.2, -0.15) is 21.6 Å². The number of anilines is 1. The number of rotatable bonds is 8. The fraction of sp³-hybridized carbons (Fsp3) is 0.467. The van der Waals surface area contributed by atoms with Crippen molar-refractivity contribution in [2.45, 2.75) is 38.2 Å². The van der Waals surface area contributed by atoms with Crippen molar-refractivity contribution < 1.29 is 40.5 Å². The molecule has 1 aromatic carbocycles. The molecule has 0 radical (unpaired) electrons. The molecular weight excluding hydrogens is 412 g/mol. The van der Waals surface area contributed by atoms with E-state index in [0.717, 1.165) is 0 Å². The lowest BCUT2D eigenvalue weighted by Crippen LogP contribution is -2.40. The summed E-state index contributed by atoms with van der Waals surface area (Å²) in [6, 6.07) is 1.60. The summed E-state index contributed by atoms with van der Waals surface area (Å²) in [4.78, 5) is 24.3. The fourth-order valence-corrected chi connectivity index (χ4v) is 3.58. The van der Waals surface area contributed by atoms with Crippen LogP contribution in [-0.4, -0.2) is 66.4 Å². The Bertz CT molecular complexity index is 892. The molecular formula is C15H21B3F3NO6S. The van der Waals surface area contributed by atoms with Crippen LogP contribution in [0, 0.1) is 0 Å². The predicted molar refractivity (Wildman–Crippen MR) is 109 cm³/mol. The highest BCUT2D eigenvalue weighted by molar-refractivity contribution is 7.85. The van der Waals surface area contributed by atoms with E-state index < -0.39 is 40.0 Å². The molecule has 1 rings (SSSR count). The minimum Gasteiger partial charge on any atom is -0.448 e. The molecule has 1 amide bonds. The van der Waals surface area contributed by atoms with Crippen molar-refractivity contribution in [2.24, 2.45) is 0 Å². The number of benzene rings is 1. The van der Waals surface area contributed by atoms with Gasteiger partial charge >= 0.3 is 12.1 Å². The average Bonchev–Trinajstić information content (AvgIpc) is 2.57. The average molecular weight is 433 g/mol. The summed E-state index contributed by atoms with van der Waals surface area (Å²) >= 11 is 0. The maximum Gasteiger partial charge on any atom is 0.426 e. The summed E-state index contributed by atoms with van der Waals surface area (Å²) < 4.78 is 74.6. The van der Waals surface area contributed by atoms with Gasteiger partial charge in [0, 0.05) is 12.6 Å². The van der Waals surface area contributed by atoms with Gasteiger partial charge in [-0.15, -0.1) is 0 Å². The molecule has 0 fully saturated rings. The minimum atomic E-state index is -5.20. The summed E-state index contributed by atoms with van der Waals surface area (Å²) in [7, 11) is 0.127. The van der Waals surface area contributed by atoms with Gasteiger partial charge in [0.15, 0.2) is 0 Å². The van der Waals surface area contributed by atoms with E-state index in [4.69, 9.17) is 4.55 Å². The zero-order valence-corrected chi connectivity index (χ0v) is 17.3. The largest absolute Gasteiger partial charge is 0.448 e. The molecule has 0 spiro atoms. The molecule has 1 atom stereocenters. The monoisotopic (exact) mass is 433 g/mol. The third-order valence-corrected chi connectivity index (χ3v) is 4.92. The zero-order chi connectivity index (χ0) is 22.6. The quantitative estimate of drug-likeness (QED) is 0.310. The number of carbonyl (C=O) groups excluding carboxylic acids is 2. The van der Waals surface area contributed by atoms with Gasteiger partial charge in [0.2, 0.25) is 12.0 Å². The van der Waals surface area contributed by atoms with E-state index in [-0.39, 0.29) is 11.9 Å². The van der Waals surface area contributed by atoms with Crippen LogP contribution in [0.25, 0.3) is 0 Å². The van der Waals surface area contributed by atoms with E-state index >= 15 is 0 Å². The van der Waals surface area contributed by atoms with Gasteiger partial charge in [0.25, 0.3) is 10.1 Å². The maximum atomic E-state index is 13.2. The van der Waals surface area contributed by atoms with Crippen molar-refractivity contribution in [3.8, 4) is 0 Å². The minimum absolute atomic E-state index is 0.152. The van der Waals surface area contributed by atoms with Crippen molar-refractivity contribution in [3.63, 3.8) is 0 Å². The van der Waals surface area contributed by atoms with Crippen LogP contribution in [0.1, 0.15) is 34.0 Å². The second-order valence-corrected chi connectivity index (χ2v) is 7.85. The lowest BCUT2D eigenvalue weighted by atomic mass is 9.80. The first-order valence-electron chi connectivity index (χ1n) is 8.93. The molecule has 0 bridgehead atoms. The number of hydrogen-bond acceptors (Lipinski definition) is 5. The van der Waals surface area contributed by atoms with Crippen molar-refractivity contribution in [3.05, 3.63) is 28.3 Å². The molecule has 14 heteroatoms. The van der Waals surface area contributed by atoms with Crippen molar-refractivity contribution >= 4 is 51.2 Å². The highest BCUT2D eigenvalue weighted by atomic mass is 32.2. The number of ether oxygens (including phenoxy) is 1. The van der Waals surface area contributed by atoms with Crippen LogP contribution >= 0.6 is 0 Å². The summed E-state index contributed by atoms with van der Waals surface area (Å²) in [5, 5.41) is 2.61. The first-order chi connectivity index (χ1) is 13.2. The molecule has 0 saturated carbocycles. The third-order valence-electron chi connectivity index (χ3n) is 4.19. The van der Waals surface area contributed by atoms with Crippen LogP contribution < -0.4 is 5.32 Å². The van der Waals surface area contributed by atoms with Gasteiger partial charge in [-0.25, -0.2) is 4.79 Å². The Kier molecular flexibility index (Phi) is 8.40. The highest BCUT2D eigenvalue weighted by Crippen LogP contribution is 2.32. The summed E-state index contributed by atoms with van der Waals surface area (Å²) in [6.07, 6.45) is -7.24. The Morgan fingerprint density at radius 3 is 2.10 bits per heavy atom. The normalized spacial score (nSPS) is 13.0. The first-order valence-corrected chi connectivity index (χ1v) is 10.5. The number of carbonyl (C=O) groups is 2. The van der Waals surface area contributed by atoms with E-state index in [1.54, 1.807) is 21.8 Å². The standard InChI is InChI=1S/C15H21B3F3NO6S/c1-7(23)22-13-9(4-17)2-8(3-16)12(10(13)5-18)14(24)28-11(15(19,20)21)6-29(25,26)27/h2,11H,3-6,16-18H2,1H3,(H,22,23)(H,25,26,27). The molecule has 0 saturated heterocycles. The Balaban J connectivity index is 3.57. The Morgan fingerprint density at radius 1 is 1.17 bits per heavy atom. The lowest BCUT2D eigenvalue weighted by molar-refractivity contribution is -0.197. The molecule has 7 nitrogen and oxygen atoms in total. The van der Waals surface area contributed by atoms with Gasteiger partial charge in [0.1, 0.15) is 29.3 Å². The molecule has 2 N–H and O–H groups in total. The van der Waals surface area contributed by atoms with Crippen LogP contribution in [0.3, 0.4) is 0 Å². The highest BCUT2D eigenvalue weighted by Gasteiger charge is 2.46. The van der Waals surface area contributed by atoms with Gasteiger partial charge in [-0.1, -0.05) is 25.0 Å². The zero-order valence-electron chi connectivity index (χ0n) is 16.5. The lowest BCUT2D eigenvalue weighted by Gasteiger charge is -2.23. The molecule has 0 aliphatic heterocycles. The number of alkyl halides is 3. The number of amides is 1. The maximum absolute atomic E-state index is 13.2. The van der Waals surface area contributed by atoms with Crippen molar-refractivity contribution in [1.29, 1.82) is 0 Å². The van der Waals surface area contributed by atoms with E-state index in [1.807, 2.05) is 7.85 Å². The molecule has 1 unspecified atom stereocenters. The second kappa shape index (κ2) is 9.70. The van der Waals surface area contributed by atoms with E-state index in [2.05, 4.69) is 10.1 Å². The third kappa shape index (κ3) is 6.81. The molecule has 1 aromatic rings. The van der Waals surface area contributed by atoms with Gasteiger partial charge in [-0.05, 0) is 16.7 Å². The molecule has 0 heterocycles. The first kappa shape index (κ1) is 25.1. The predicted octanol–water partition coefficient (Wildman–Crippen LogP) is -0.980. The SMILES string of the molecule is BCc1cc(CB)c(C(=O)OC(CS(=O)(=O)O)C(F)(F)F)c(CB)c1NC(C)=O. The summed E-state index contributed by atoms with van der Waals surface area (Å²) in [5.41, 5.74) is 1.58. The summed E-state index contributed by atoms with van der Waals surface area (Å²) in [6.45, 7) is 1.26. The topological polar surface area (TPSA) is 110 Å². The van der Waals surface area contributed by atoms with Crippen LogP contribution in [0.5, 0.6) is 0 Å². The number of esters is 1. The van der Waals surface area contributed by atoms with Crippen LogP contribution in [-0.2, 0) is 38.6 Å². The second-order valence-electron chi connectivity index (χ2n) is 6.35. The van der Waals surface area contributed by atoms with Gasteiger partial charge in [0.05, 0.1) is 5.56 Å². The van der Waals surface area contributed by atoms with E-state index in [9.17, 15) is 31.2 Å². The van der Waals surface area contributed by atoms with E-state index in [1.165, 1.54) is 6.92 Å². The molecule has 0 aliphatic rings. The summed E-state index contributed by atoms with van der Waals surface area (Å²) in [5.74, 6) is -3.60. The molecule has 0 aliphatic carbocycles. The molecule has 29 heavy (non-hydrogen) atoms. The van der Waals surface area contributed by atoms with Gasteiger partial charge < -0.3 is 10.1 Å². The van der Waals surface area contributed by atoms with Gasteiger partial charge in [-0.3, -0.25) is 9.35 Å². The van der Waals surface area contributed by atoms with Crippen LogP contribution in [0.4, 0.5) is 18.9 Å². The number of hydrogen-bond donors (Lipinski definition) is 2. The smallest absolute Gasteiger partial charge is 0.426 e. The molecule has 158 valence electrons. The molecule has 0 aromatic heterocycles. The van der Waals surface area contributed by atoms with Crippen LogP contribution in [0.2, 0.25) is 0 Å². The van der Waals surface area contributed by atoms with Crippen molar-refractivity contribution in [2.75, 3.05) is 11.1 Å².